The van der Waals surface area contributed by atoms with E-state index in [1.165, 1.54) is 0 Å². The van der Waals surface area contributed by atoms with Gasteiger partial charge in [0.05, 0.1) is 24.8 Å². The number of aromatic nitrogens is 1. The van der Waals surface area contributed by atoms with E-state index in [9.17, 15) is 4.79 Å². The summed E-state index contributed by atoms with van der Waals surface area (Å²) in [5, 5.41) is 9.13. The number of nitriles is 1. The maximum absolute atomic E-state index is 12.5. The lowest BCUT2D eigenvalue weighted by atomic mass is 10.1. The normalized spacial score (nSPS) is 22.1. The summed E-state index contributed by atoms with van der Waals surface area (Å²) in [6, 6.07) is 5.84. The molecule has 6 nitrogen and oxygen atoms in total. The van der Waals surface area contributed by atoms with E-state index in [0.29, 0.717) is 38.5 Å². The molecule has 1 amide bonds. The number of rotatable bonds is 2. The van der Waals surface area contributed by atoms with E-state index >= 15 is 0 Å². The monoisotopic (exact) mass is 286 g/mol. The molecule has 0 radical (unpaired) electrons. The summed E-state index contributed by atoms with van der Waals surface area (Å²) in [6.07, 6.45) is 2.45. The molecule has 3 heterocycles. The molecule has 2 saturated heterocycles. The second-order valence-electron chi connectivity index (χ2n) is 5.35. The summed E-state index contributed by atoms with van der Waals surface area (Å²) in [5.74, 6) is 0.220. The number of hydrogen-bond acceptors (Lipinski definition) is 5. The molecule has 1 atom stereocenters. The number of carbonyl (C=O) groups excluding carboxylic acids is 1. The zero-order chi connectivity index (χ0) is 14.7. The van der Waals surface area contributed by atoms with Gasteiger partial charge in [0.1, 0.15) is 6.07 Å². The lowest BCUT2D eigenvalue weighted by molar-refractivity contribution is -0.138. The predicted molar refractivity (Wildman–Crippen MR) is 76.7 cm³/mol. The van der Waals surface area contributed by atoms with Crippen molar-refractivity contribution in [1.29, 1.82) is 5.26 Å². The van der Waals surface area contributed by atoms with Gasteiger partial charge in [0, 0.05) is 32.4 Å². The molecule has 1 aromatic rings. The quantitative estimate of drug-likeness (QED) is 0.798. The van der Waals surface area contributed by atoms with Gasteiger partial charge in [-0.25, -0.2) is 4.98 Å². The van der Waals surface area contributed by atoms with Crippen molar-refractivity contribution in [3.8, 4) is 6.07 Å². The Hall–Kier alpha value is -2.13. The molecule has 1 aromatic heterocycles. The largest absolute Gasteiger partial charge is 0.378 e. The van der Waals surface area contributed by atoms with Crippen LogP contribution >= 0.6 is 0 Å². The molecule has 0 saturated carbocycles. The maximum Gasteiger partial charge on any atom is 0.227 e. The highest BCUT2D eigenvalue weighted by Crippen LogP contribution is 2.26. The van der Waals surface area contributed by atoms with E-state index < -0.39 is 0 Å². The molecule has 0 aliphatic carbocycles. The van der Waals surface area contributed by atoms with Crippen LogP contribution in [0.2, 0.25) is 0 Å². The summed E-state index contributed by atoms with van der Waals surface area (Å²) in [4.78, 5) is 20.6. The van der Waals surface area contributed by atoms with Crippen LogP contribution in [0.3, 0.4) is 0 Å². The number of morpholine rings is 1. The number of carbonyl (C=O) groups is 1. The number of nitrogens with zero attached hydrogens (tertiary/aromatic N) is 4. The first kappa shape index (κ1) is 13.8. The number of anilines is 1. The van der Waals surface area contributed by atoms with Gasteiger partial charge >= 0.3 is 0 Å². The van der Waals surface area contributed by atoms with Crippen LogP contribution in [-0.2, 0) is 9.53 Å². The SMILES string of the molecule is N#Cc1ncccc1N1CCC(C(=O)N2CCOCC2)C1. The fourth-order valence-corrected chi connectivity index (χ4v) is 2.96. The first-order valence-corrected chi connectivity index (χ1v) is 7.26. The molecule has 110 valence electrons. The average Bonchev–Trinajstić information content (AvgIpc) is 3.04. The first-order chi connectivity index (χ1) is 10.3. The van der Waals surface area contributed by atoms with Crippen LogP contribution in [-0.4, -0.2) is 55.2 Å². The predicted octanol–water partition coefficient (Wildman–Crippen LogP) is 0.638. The third-order valence-electron chi connectivity index (χ3n) is 4.09. The number of pyridine rings is 1. The Kier molecular flexibility index (Phi) is 4.02. The van der Waals surface area contributed by atoms with Crippen LogP contribution in [0.5, 0.6) is 0 Å². The highest BCUT2D eigenvalue weighted by molar-refractivity contribution is 5.80. The molecule has 21 heavy (non-hydrogen) atoms. The van der Waals surface area contributed by atoms with E-state index in [-0.39, 0.29) is 11.8 Å². The Labute approximate surface area is 123 Å². The molecular formula is C15H18N4O2. The zero-order valence-corrected chi connectivity index (χ0v) is 11.9. The van der Waals surface area contributed by atoms with Gasteiger partial charge in [-0.1, -0.05) is 0 Å². The fraction of sp³-hybridized carbons (Fsp3) is 0.533. The summed E-state index contributed by atoms with van der Waals surface area (Å²) < 4.78 is 5.28. The lowest BCUT2D eigenvalue weighted by Crippen LogP contribution is -2.44. The van der Waals surface area contributed by atoms with Crippen molar-refractivity contribution in [1.82, 2.24) is 9.88 Å². The summed E-state index contributed by atoms with van der Waals surface area (Å²) in [5.41, 5.74) is 1.26. The molecule has 0 spiro atoms. The van der Waals surface area contributed by atoms with Crippen molar-refractivity contribution in [3.63, 3.8) is 0 Å². The van der Waals surface area contributed by atoms with Gasteiger partial charge in [0.25, 0.3) is 0 Å². The molecule has 0 aromatic carbocycles. The third kappa shape index (κ3) is 2.83. The van der Waals surface area contributed by atoms with Crippen LogP contribution < -0.4 is 4.90 Å². The summed E-state index contributed by atoms with van der Waals surface area (Å²) in [6.45, 7) is 4.09. The molecule has 2 fully saturated rings. The number of hydrogen-bond donors (Lipinski definition) is 0. The van der Waals surface area contributed by atoms with Crippen molar-refractivity contribution < 1.29 is 9.53 Å². The van der Waals surface area contributed by atoms with Crippen molar-refractivity contribution in [3.05, 3.63) is 24.0 Å². The molecule has 1 unspecified atom stereocenters. The molecular weight excluding hydrogens is 268 g/mol. The molecule has 0 N–H and O–H groups in total. The van der Waals surface area contributed by atoms with Gasteiger partial charge in [0.2, 0.25) is 5.91 Å². The Morgan fingerprint density at radius 3 is 2.95 bits per heavy atom. The van der Waals surface area contributed by atoms with Gasteiger partial charge in [0.15, 0.2) is 5.69 Å². The van der Waals surface area contributed by atoms with Crippen LogP contribution in [0.15, 0.2) is 18.3 Å². The van der Waals surface area contributed by atoms with Crippen molar-refractivity contribution in [2.24, 2.45) is 5.92 Å². The maximum atomic E-state index is 12.5. The fourth-order valence-electron chi connectivity index (χ4n) is 2.96. The van der Waals surface area contributed by atoms with E-state index in [4.69, 9.17) is 10.00 Å². The van der Waals surface area contributed by atoms with Gasteiger partial charge < -0.3 is 14.5 Å². The third-order valence-corrected chi connectivity index (χ3v) is 4.09. The van der Waals surface area contributed by atoms with Crippen LogP contribution in [0, 0.1) is 17.2 Å². The Morgan fingerprint density at radius 1 is 1.38 bits per heavy atom. The lowest BCUT2D eigenvalue weighted by Gasteiger charge is -2.29. The minimum Gasteiger partial charge on any atom is -0.378 e. The van der Waals surface area contributed by atoms with Crippen LogP contribution in [0.1, 0.15) is 12.1 Å². The smallest absolute Gasteiger partial charge is 0.227 e. The molecule has 2 aliphatic rings. The molecule has 6 heteroatoms. The van der Waals surface area contributed by atoms with E-state index in [1.807, 2.05) is 17.0 Å². The van der Waals surface area contributed by atoms with Crippen molar-refractivity contribution in [2.45, 2.75) is 6.42 Å². The zero-order valence-electron chi connectivity index (χ0n) is 11.9. The van der Waals surface area contributed by atoms with Gasteiger partial charge in [-0.15, -0.1) is 0 Å². The standard InChI is InChI=1S/C15H18N4O2/c16-10-13-14(2-1-4-17-13)19-5-3-12(11-19)15(20)18-6-8-21-9-7-18/h1-2,4,12H,3,5-9,11H2. The minimum absolute atomic E-state index is 0.00912. The van der Waals surface area contributed by atoms with E-state index in [0.717, 1.165) is 18.7 Å². The number of amides is 1. The second-order valence-corrected chi connectivity index (χ2v) is 5.35. The minimum atomic E-state index is 0.00912. The van der Waals surface area contributed by atoms with Crippen molar-refractivity contribution in [2.75, 3.05) is 44.3 Å². The van der Waals surface area contributed by atoms with Gasteiger partial charge in [-0.3, -0.25) is 4.79 Å². The van der Waals surface area contributed by atoms with Crippen LogP contribution in [0.4, 0.5) is 5.69 Å². The molecule has 3 rings (SSSR count). The van der Waals surface area contributed by atoms with Crippen molar-refractivity contribution >= 4 is 11.6 Å². The Balaban J connectivity index is 1.68. The Morgan fingerprint density at radius 2 is 2.19 bits per heavy atom. The molecule has 2 aliphatic heterocycles. The van der Waals surface area contributed by atoms with Gasteiger partial charge in [-0.2, -0.15) is 5.26 Å². The van der Waals surface area contributed by atoms with Gasteiger partial charge in [-0.05, 0) is 18.6 Å². The van der Waals surface area contributed by atoms with E-state index in [2.05, 4.69) is 16.0 Å². The van der Waals surface area contributed by atoms with Crippen LogP contribution in [0.25, 0.3) is 0 Å². The molecule has 0 bridgehead atoms. The summed E-state index contributed by atoms with van der Waals surface area (Å²) >= 11 is 0. The topological polar surface area (TPSA) is 69.5 Å². The van der Waals surface area contributed by atoms with E-state index in [1.54, 1.807) is 6.20 Å². The highest BCUT2D eigenvalue weighted by Gasteiger charge is 2.32. The second kappa shape index (κ2) is 6.10. The Bertz CT molecular complexity index is 563. The average molecular weight is 286 g/mol. The first-order valence-electron chi connectivity index (χ1n) is 7.26. The summed E-state index contributed by atoms with van der Waals surface area (Å²) in [7, 11) is 0. The number of ether oxygens (including phenoxy) is 1. The highest BCUT2D eigenvalue weighted by atomic mass is 16.5.